The van der Waals surface area contributed by atoms with Gasteiger partial charge >= 0.3 is 17.6 Å². The van der Waals surface area contributed by atoms with E-state index in [9.17, 15) is 24.3 Å². The van der Waals surface area contributed by atoms with Crippen molar-refractivity contribution < 1.29 is 28.9 Å². The molecule has 0 spiro atoms. The van der Waals surface area contributed by atoms with Crippen LogP contribution in [0, 0.1) is 11.8 Å². The number of aliphatic hydroxyl groups is 1. The van der Waals surface area contributed by atoms with E-state index in [1.54, 1.807) is 0 Å². The topological polar surface area (TPSA) is 137 Å². The van der Waals surface area contributed by atoms with Gasteiger partial charge in [-0.05, 0) is 0 Å². The fourth-order valence-corrected chi connectivity index (χ4v) is 2.55. The molecule has 10 heteroatoms. The maximum Gasteiger partial charge on any atom is 0.331 e. The average molecular weight is 340 g/mol. The van der Waals surface area contributed by atoms with E-state index in [0.29, 0.717) is 0 Å². The van der Waals surface area contributed by atoms with Crippen LogP contribution in [0.1, 0.15) is 6.23 Å². The Morgan fingerprint density at radius 2 is 1.92 bits per heavy atom. The lowest BCUT2D eigenvalue weighted by atomic mass is 9.87. The molecule has 1 fully saturated rings. The largest absolute Gasteiger partial charge is 0.472 e. The summed E-state index contributed by atoms with van der Waals surface area (Å²) in [7, 11) is 2.15. The van der Waals surface area contributed by atoms with Crippen molar-refractivity contribution in [2.75, 3.05) is 14.2 Å². The number of nitrogens with zero attached hydrogens (tertiary/aromatic N) is 1. The second-order valence-corrected chi connectivity index (χ2v) is 5.03. The minimum atomic E-state index is -1.51. The molecule has 1 aliphatic heterocycles. The molecule has 0 amide bonds. The molecule has 3 atom stereocenters. The average Bonchev–Trinajstić information content (AvgIpc) is 2.83. The Bertz CT molecular complexity index is 763. The molecule has 0 aliphatic carbocycles. The standard InChI is InChI=1S/C14H16N2O8/c1-6-8(9(12(19)22-2)13(20)23-3)10(18)11(24-6)16-5-4-7(17)15-14(16)21/h4-5,8-11,18H,1H2,2-3H3,(H,15,17,21)/t8-,10-,11+/m0/s1. The summed E-state index contributed by atoms with van der Waals surface area (Å²) >= 11 is 0. The van der Waals surface area contributed by atoms with Crippen LogP contribution in [0.5, 0.6) is 0 Å². The van der Waals surface area contributed by atoms with Crippen molar-refractivity contribution in [3.8, 4) is 0 Å². The number of H-pyrrole nitrogens is 1. The molecule has 0 aromatic carbocycles. The Morgan fingerprint density at radius 3 is 2.42 bits per heavy atom. The first kappa shape index (κ1) is 17.5. The SMILES string of the molecule is C=C1O[C@@H](n2ccc(=O)[nH]c2=O)[C@@H](O)[C@@H]1C(C(=O)OC)C(=O)OC. The molecule has 130 valence electrons. The Hall–Kier alpha value is -2.88. The van der Waals surface area contributed by atoms with Crippen molar-refractivity contribution in [1.82, 2.24) is 9.55 Å². The minimum absolute atomic E-state index is 0.0913. The number of aromatic nitrogens is 2. The maximum atomic E-state index is 11.9. The highest BCUT2D eigenvalue weighted by atomic mass is 16.6. The lowest BCUT2D eigenvalue weighted by Crippen LogP contribution is -2.41. The van der Waals surface area contributed by atoms with Gasteiger partial charge in [-0.3, -0.25) is 23.9 Å². The van der Waals surface area contributed by atoms with E-state index in [2.05, 4.69) is 16.1 Å². The molecule has 2 heterocycles. The van der Waals surface area contributed by atoms with Crippen LogP contribution in [0.4, 0.5) is 0 Å². The number of carbonyl (C=O) groups is 2. The zero-order valence-corrected chi connectivity index (χ0v) is 12.9. The smallest absolute Gasteiger partial charge is 0.331 e. The van der Waals surface area contributed by atoms with Crippen molar-refractivity contribution in [2.24, 2.45) is 11.8 Å². The highest BCUT2D eigenvalue weighted by Crippen LogP contribution is 2.40. The number of aromatic amines is 1. The Labute approximate surface area is 135 Å². The molecular formula is C14H16N2O8. The fourth-order valence-electron chi connectivity index (χ4n) is 2.55. The molecule has 1 saturated heterocycles. The van der Waals surface area contributed by atoms with Gasteiger partial charge in [0.2, 0.25) is 6.23 Å². The highest BCUT2D eigenvalue weighted by Gasteiger charge is 2.51. The predicted octanol–water partition coefficient (Wildman–Crippen LogP) is -1.48. The van der Waals surface area contributed by atoms with E-state index in [4.69, 9.17) is 4.74 Å². The number of methoxy groups -OCH3 is 2. The summed E-state index contributed by atoms with van der Waals surface area (Å²) in [5, 5.41) is 10.5. The number of ether oxygens (including phenoxy) is 3. The molecular weight excluding hydrogens is 324 g/mol. The van der Waals surface area contributed by atoms with Crippen LogP contribution in [-0.2, 0) is 23.8 Å². The maximum absolute atomic E-state index is 11.9. The summed E-state index contributed by atoms with van der Waals surface area (Å²) in [6.07, 6.45) is -1.64. The summed E-state index contributed by atoms with van der Waals surface area (Å²) in [4.78, 5) is 48.8. The molecule has 24 heavy (non-hydrogen) atoms. The third kappa shape index (κ3) is 2.95. The van der Waals surface area contributed by atoms with E-state index < -0.39 is 47.4 Å². The van der Waals surface area contributed by atoms with E-state index in [1.165, 1.54) is 0 Å². The number of hydrogen-bond acceptors (Lipinski definition) is 8. The van der Waals surface area contributed by atoms with Crippen molar-refractivity contribution in [1.29, 1.82) is 0 Å². The molecule has 2 rings (SSSR count). The van der Waals surface area contributed by atoms with Gasteiger partial charge in [-0.2, -0.15) is 0 Å². The van der Waals surface area contributed by atoms with Gasteiger partial charge in [-0.1, -0.05) is 6.58 Å². The molecule has 1 aromatic rings. The fraction of sp³-hybridized carbons (Fsp3) is 0.429. The van der Waals surface area contributed by atoms with Gasteiger partial charge in [0.25, 0.3) is 5.56 Å². The van der Waals surface area contributed by atoms with E-state index in [0.717, 1.165) is 31.0 Å². The first-order valence-corrected chi connectivity index (χ1v) is 6.82. The molecule has 10 nitrogen and oxygen atoms in total. The lowest BCUT2D eigenvalue weighted by molar-refractivity contribution is -0.162. The number of nitrogens with one attached hydrogen (secondary N) is 1. The molecule has 1 aromatic heterocycles. The second-order valence-electron chi connectivity index (χ2n) is 5.03. The van der Waals surface area contributed by atoms with Crippen LogP contribution < -0.4 is 11.2 Å². The van der Waals surface area contributed by atoms with Gasteiger partial charge in [-0.15, -0.1) is 0 Å². The van der Waals surface area contributed by atoms with Crippen LogP contribution in [0.25, 0.3) is 0 Å². The van der Waals surface area contributed by atoms with Crippen molar-refractivity contribution >= 4 is 11.9 Å². The van der Waals surface area contributed by atoms with E-state index >= 15 is 0 Å². The van der Waals surface area contributed by atoms with Gasteiger partial charge in [0, 0.05) is 12.3 Å². The predicted molar refractivity (Wildman–Crippen MR) is 77.6 cm³/mol. The van der Waals surface area contributed by atoms with Crippen molar-refractivity contribution in [3.63, 3.8) is 0 Å². The Balaban J connectivity index is 2.41. The van der Waals surface area contributed by atoms with Crippen LogP contribution in [0.3, 0.4) is 0 Å². The lowest BCUT2D eigenvalue weighted by Gasteiger charge is -2.21. The summed E-state index contributed by atoms with van der Waals surface area (Å²) in [5.41, 5.74) is -1.45. The number of aliphatic hydroxyl groups excluding tert-OH is 1. The van der Waals surface area contributed by atoms with Crippen molar-refractivity contribution in [3.05, 3.63) is 45.4 Å². The van der Waals surface area contributed by atoms with Crippen LogP contribution in [-0.4, -0.2) is 46.9 Å². The van der Waals surface area contributed by atoms with Gasteiger partial charge < -0.3 is 19.3 Å². The molecule has 2 N–H and O–H groups in total. The molecule has 0 saturated carbocycles. The van der Waals surface area contributed by atoms with Gasteiger partial charge in [0.05, 0.1) is 25.9 Å². The second kappa shape index (κ2) is 6.71. The quantitative estimate of drug-likeness (QED) is 0.500. The van der Waals surface area contributed by atoms with Crippen LogP contribution in [0.2, 0.25) is 0 Å². The molecule has 0 bridgehead atoms. The summed E-state index contributed by atoms with van der Waals surface area (Å²) < 4.78 is 15.4. The number of rotatable bonds is 4. The summed E-state index contributed by atoms with van der Waals surface area (Å²) in [6.45, 7) is 3.58. The number of hydrogen-bond donors (Lipinski definition) is 2. The number of carbonyl (C=O) groups excluding carboxylic acids is 2. The normalized spacial score (nSPS) is 23.0. The van der Waals surface area contributed by atoms with Gasteiger partial charge in [0.1, 0.15) is 6.10 Å². The first-order valence-electron chi connectivity index (χ1n) is 6.82. The third-order valence-corrected chi connectivity index (χ3v) is 3.70. The monoisotopic (exact) mass is 340 g/mol. The van der Waals surface area contributed by atoms with Crippen molar-refractivity contribution in [2.45, 2.75) is 12.3 Å². The van der Waals surface area contributed by atoms with Crippen LogP contribution >= 0.6 is 0 Å². The van der Waals surface area contributed by atoms with Gasteiger partial charge in [0.15, 0.2) is 5.92 Å². The third-order valence-electron chi connectivity index (χ3n) is 3.70. The Kier molecular flexibility index (Phi) is 4.88. The van der Waals surface area contributed by atoms with E-state index in [1.807, 2.05) is 4.98 Å². The zero-order chi connectivity index (χ0) is 18.0. The Morgan fingerprint density at radius 1 is 1.33 bits per heavy atom. The molecule has 0 radical (unpaired) electrons. The molecule has 0 unspecified atom stereocenters. The minimum Gasteiger partial charge on any atom is -0.472 e. The molecule has 1 aliphatic rings. The number of esters is 2. The summed E-state index contributed by atoms with van der Waals surface area (Å²) in [6, 6.07) is 1.06. The van der Waals surface area contributed by atoms with Crippen LogP contribution in [0.15, 0.2) is 34.2 Å². The van der Waals surface area contributed by atoms with Gasteiger partial charge in [-0.25, -0.2) is 4.79 Å². The van der Waals surface area contributed by atoms with E-state index in [-0.39, 0.29) is 5.76 Å². The first-order chi connectivity index (χ1) is 11.3. The highest BCUT2D eigenvalue weighted by molar-refractivity contribution is 5.95. The summed E-state index contributed by atoms with van der Waals surface area (Å²) in [5.74, 6) is -4.67. The zero-order valence-electron chi connectivity index (χ0n) is 12.9.